The first kappa shape index (κ1) is 10.7. The fourth-order valence-corrected chi connectivity index (χ4v) is 1.24. The van der Waals surface area contributed by atoms with E-state index >= 15 is 0 Å². The van der Waals surface area contributed by atoms with E-state index in [4.69, 9.17) is 5.11 Å². The summed E-state index contributed by atoms with van der Waals surface area (Å²) in [6.07, 6.45) is 2.09. The van der Waals surface area contributed by atoms with E-state index in [1.54, 1.807) is 4.68 Å². The van der Waals surface area contributed by atoms with Crippen molar-refractivity contribution in [2.75, 3.05) is 6.54 Å². The van der Waals surface area contributed by atoms with Crippen LogP contribution in [-0.2, 0) is 18.4 Å². The Morgan fingerprint density at radius 1 is 1.71 bits per heavy atom. The van der Waals surface area contributed by atoms with E-state index in [1.165, 1.54) is 0 Å². The van der Waals surface area contributed by atoms with Crippen molar-refractivity contribution in [1.82, 2.24) is 15.1 Å². The van der Waals surface area contributed by atoms with Gasteiger partial charge in [-0.3, -0.25) is 9.48 Å². The molecule has 78 valence electrons. The quantitative estimate of drug-likeness (QED) is 0.666. The molecule has 0 saturated heterocycles. The average Bonchev–Trinajstić information content (AvgIpc) is 2.39. The molecule has 0 aliphatic heterocycles. The van der Waals surface area contributed by atoms with Crippen LogP contribution in [-0.4, -0.2) is 27.4 Å². The van der Waals surface area contributed by atoms with Gasteiger partial charge in [0.2, 0.25) is 0 Å². The van der Waals surface area contributed by atoms with Crippen LogP contribution in [0, 0.1) is 6.92 Å². The van der Waals surface area contributed by atoms with Gasteiger partial charge in [0.05, 0.1) is 12.1 Å². The normalized spacial score (nSPS) is 10.4. The number of aliphatic carboxylic acids is 1. The summed E-state index contributed by atoms with van der Waals surface area (Å²) in [4.78, 5) is 10.2. The molecule has 0 spiro atoms. The Kier molecular flexibility index (Phi) is 3.64. The summed E-state index contributed by atoms with van der Waals surface area (Å²) in [6, 6.07) is 0. The van der Waals surface area contributed by atoms with Crippen LogP contribution >= 0.6 is 0 Å². The number of hydrogen-bond acceptors (Lipinski definition) is 3. The lowest BCUT2D eigenvalue weighted by molar-refractivity contribution is -0.136. The predicted molar refractivity (Wildman–Crippen MR) is 51.9 cm³/mol. The fraction of sp³-hybridized carbons (Fsp3) is 0.556. The molecule has 14 heavy (non-hydrogen) atoms. The number of rotatable bonds is 5. The van der Waals surface area contributed by atoms with E-state index in [0.717, 1.165) is 11.3 Å². The van der Waals surface area contributed by atoms with Crippen molar-refractivity contribution in [3.8, 4) is 0 Å². The Balaban J connectivity index is 2.31. The monoisotopic (exact) mass is 197 g/mol. The first-order chi connectivity index (χ1) is 6.59. The molecule has 0 unspecified atom stereocenters. The lowest BCUT2D eigenvalue weighted by Gasteiger charge is -2.00. The van der Waals surface area contributed by atoms with E-state index < -0.39 is 5.97 Å². The lowest BCUT2D eigenvalue weighted by atomic mass is 10.2. The Bertz CT molecular complexity index is 320. The highest BCUT2D eigenvalue weighted by atomic mass is 16.4. The average molecular weight is 197 g/mol. The van der Waals surface area contributed by atoms with Crippen molar-refractivity contribution < 1.29 is 9.90 Å². The van der Waals surface area contributed by atoms with Gasteiger partial charge in [-0.25, -0.2) is 0 Å². The maximum Gasteiger partial charge on any atom is 0.304 e. The van der Waals surface area contributed by atoms with Gasteiger partial charge in [-0.15, -0.1) is 0 Å². The van der Waals surface area contributed by atoms with Gasteiger partial charge < -0.3 is 10.4 Å². The van der Waals surface area contributed by atoms with Crippen molar-refractivity contribution in [3.63, 3.8) is 0 Å². The number of aryl methyl sites for hydroxylation is 2. The highest BCUT2D eigenvalue weighted by Crippen LogP contribution is 2.03. The summed E-state index contributed by atoms with van der Waals surface area (Å²) >= 11 is 0. The smallest absolute Gasteiger partial charge is 0.304 e. The second kappa shape index (κ2) is 4.76. The molecule has 0 bridgehead atoms. The highest BCUT2D eigenvalue weighted by molar-refractivity contribution is 5.66. The van der Waals surface area contributed by atoms with Crippen LogP contribution in [0.3, 0.4) is 0 Å². The third kappa shape index (κ3) is 3.18. The molecule has 0 aliphatic carbocycles. The van der Waals surface area contributed by atoms with Gasteiger partial charge in [-0.05, 0) is 6.92 Å². The summed E-state index contributed by atoms with van der Waals surface area (Å²) in [5, 5.41) is 15.7. The Morgan fingerprint density at radius 2 is 2.43 bits per heavy atom. The van der Waals surface area contributed by atoms with Gasteiger partial charge in [0.15, 0.2) is 0 Å². The van der Waals surface area contributed by atoms with E-state index in [2.05, 4.69) is 10.4 Å². The third-order valence-electron chi connectivity index (χ3n) is 1.95. The van der Waals surface area contributed by atoms with E-state index in [9.17, 15) is 4.79 Å². The molecule has 1 rings (SSSR count). The van der Waals surface area contributed by atoms with Crippen molar-refractivity contribution in [2.24, 2.45) is 7.05 Å². The molecule has 0 aliphatic rings. The highest BCUT2D eigenvalue weighted by Gasteiger charge is 2.02. The Hall–Kier alpha value is -1.36. The topological polar surface area (TPSA) is 67.2 Å². The van der Waals surface area contributed by atoms with E-state index in [-0.39, 0.29) is 6.42 Å². The largest absolute Gasteiger partial charge is 0.481 e. The van der Waals surface area contributed by atoms with Gasteiger partial charge in [-0.1, -0.05) is 0 Å². The first-order valence-electron chi connectivity index (χ1n) is 4.51. The summed E-state index contributed by atoms with van der Waals surface area (Å²) in [7, 11) is 1.87. The van der Waals surface area contributed by atoms with Crippen molar-refractivity contribution in [1.29, 1.82) is 0 Å². The van der Waals surface area contributed by atoms with Crippen LogP contribution < -0.4 is 5.32 Å². The van der Waals surface area contributed by atoms with Crippen molar-refractivity contribution >= 4 is 5.97 Å². The van der Waals surface area contributed by atoms with Gasteiger partial charge in [0.25, 0.3) is 0 Å². The molecule has 0 radical (unpaired) electrons. The second-order valence-corrected chi connectivity index (χ2v) is 3.23. The summed E-state index contributed by atoms with van der Waals surface area (Å²) in [6.45, 7) is 3.10. The minimum atomic E-state index is -0.777. The standard InChI is InChI=1S/C9H15N3O2/c1-7-8(6-12(2)11-7)5-10-4-3-9(13)14/h6,10H,3-5H2,1-2H3,(H,13,14). The number of carboxylic acid groups (broad SMARTS) is 1. The zero-order chi connectivity index (χ0) is 10.6. The maximum atomic E-state index is 10.2. The van der Waals surface area contributed by atoms with Gasteiger partial charge in [-0.2, -0.15) is 5.10 Å². The van der Waals surface area contributed by atoms with Crippen LogP contribution in [0.15, 0.2) is 6.20 Å². The SMILES string of the molecule is Cc1nn(C)cc1CNCCC(=O)O. The molecule has 0 atom stereocenters. The van der Waals surface area contributed by atoms with Crippen LogP contribution in [0.1, 0.15) is 17.7 Å². The molecule has 0 saturated carbocycles. The first-order valence-corrected chi connectivity index (χ1v) is 4.51. The minimum absolute atomic E-state index is 0.152. The number of aromatic nitrogens is 2. The number of carboxylic acids is 1. The Labute approximate surface area is 82.7 Å². The van der Waals surface area contributed by atoms with Gasteiger partial charge in [0, 0.05) is 31.9 Å². The van der Waals surface area contributed by atoms with Gasteiger partial charge >= 0.3 is 5.97 Å². The van der Waals surface area contributed by atoms with E-state index in [0.29, 0.717) is 13.1 Å². The molecular weight excluding hydrogens is 182 g/mol. The minimum Gasteiger partial charge on any atom is -0.481 e. The number of nitrogens with one attached hydrogen (secondary N) is 1. The third-order valence-corrected chi connectivity index (χ3v) is 1.95. The van der Waals surface area contributed by atoms with Crippen molar-refractivity contribution in [3.05, 3.63) is 17.5 Å². The maximum absolute atomic E-state index is 10.2. The molecule has 5 heteroatoms. The lowest BCUT2D eigenvalue weighted by Crippen LogP contribution is -2.17. The number of nitrogens with zero attached hydrogens (tertiary/aromatic N) is 2. The molecule has 0 fully saturated rings. The van der Waals surface area contributed by atoms with Crippen LogP contribution in [0.25, 0.3) is 0 Å². The molecule has 0 aromatic carbocycles. The summed E-state index contributed by atoms with van der Waals surface area (Å²) in [5.41, 5.74) is 2.09. The zero-order valence-corrected chi connectivity index (χ0v) is 8.45. The molecule has 1 heterocycles. The Morgan fingerprint density at radius 3 is 2.93 bits per heavy atom. The second-order valence-electron chi connectivity index (χ2n) is 3.23. The molecule has 5 nitrogen and oxygen atoms in total. The van der Waals surface area contributed by atoms with Crippen molar-refractivity contribution in [2.45, 2.75) is 19.9 Å². The molecular formula is C9H15N3O2. The van der Waals surface area contributed by atoms with Gasteiger partial charge in [0.1, 0.15) is 0 Å². The van der Waals surface area contributed by atoms with E-state index in [1.807, 2.05) is 20.2 Å². The number of hydrogen-bond donors (Lipinski definition) is 2. The van der Waals surface area contributed by atoms with Crippen LogP contribution in [0.5, 0.6) is 0 Å². The van der Waals surface area contributed by atoms with Crippen LogP contribution in [0.2, 0.25) is 0 Å². The number of carbonyl (C=O) groups is 1. The van der Waals surface area contributed by atoms with Crippen LogP contribution in [0.4, 0.5) is 0 Å². The molecule has 0 amide bonds. The predicted octanol–water partition coefficient (Wildman–Crippen LogP) is 0.293. The summed E-state index contributed by atoms with van der Waals surface area (Å²) < 4.78 is 1.75. The summed E-state index contributed by atoms with van der Waals surface area (Å²) in [5.74, 6) is -0.777. The zero-order valence-electron chi connectivity index (χ0n) is 8.45. The molecule has 1 aromatic rings. The fourth-order valence-electron chi connectivity index (χ4n) is 1.24. The molecule has 2 N–H and O–H groups in total. The molecule has 1 aromatic heterocycles.